The first-order chi connectivity index (χ1) is 53.7. The molecule has 12 N–H and O–H groups in total. The van der Waals surface area contributed by atoms with Gasteiger partial charge in [-0.15, -0.1) is 0 Å². The summed E-state index contributed by atoms with van der Waals surface area (Å²) in [6, 6.07) is 20.9. The zero-order valence-corrected chi connectivity index (χ0v) is 65.5. The minimum atomic E-state index is -0.973. The van der Waals surface area contributed by atoms with Crippen molar-refractivity contribution in [2.75, 3.05) is 60.4 Å². The molecule has 600 valence electrons. The molecule has 12 amide bonds. The SMILES string of the molecule is CN[C@@H](C)C(=O)N[C@@H](CCCCNC(=O)c1cc(C(=O)NCCCC[C@H](NC(=O)[C@H](C)NC)C(=O)N2CCC[C@H]2C(=O)N[C@@H]2CCCc3ccccc32)cc(C(=O)NCCCC[C@H](NC(=O)[C@H](C)NC)C(=O)N2CCC[C@H]2C(=O)N[C@@H]2CCCc3ccccc32)c1)C(=O)N1CCC[C@H]1C(=O)N[C@@H]1CCCc2ccccc21. The molecule has 3 saturated heterocycles. The number of unbranched alkanes of at least 4 members (excludes halogenated alkanes) is 3. The summed E-state index contributed by atoms with van der Waals surface area (Å²) in [5.74, 6) is -4.76. The van der Waals surface area contributed by atoms with Gasteiger partial charge in [0.2, 0.25) is 53.2 Å². The standard InChI is InChI=1S/C84H117N15O12/c1-52(85-4)73(100)94-67(82(109)97-46-22-40-70(97)79(106)91-64-37-19-28-55-25-7-10-31-61(55)64)34-13-16-43-88-76(103)58-49-59(77(104)89-44-17-14-35-68(95-74(101)53(2)86-5)83(110)98-47-23-41-71(98)80(107)92-65-38-20-29-56-26-8-11-32-62(56)65)51-60(50-58)78(105)90-45-18-15-36-69(96-75(102)54(3)87-6)84(111)99-48-24-42-72(99)81(108)93-66-39-21-30-57-27-9-12-33-63(57)66/h7-12,25-27,31-33,49-54,64-72,85-87H,13-24,28-30,34-48H2,1-6H3,(H,88,103)(H,89,104)(H,90,105)(H,91,106)(H,92,107)(H,93,108)(H,94,100)(H,95,101)(H,96,102)/t52-,53-,54-,64+,65+,66+,67-,68-,69-,70-,71-,72-/m0/s1. The van der Waals surface area contributed by atoms with Gasteiger partial charge in [0.1, 0.15) is 36.3 Å². The van der Waals surface area contributed by atoms with Crippen LogP contribution in [-0.4, -0.2) is 200 Å². The maximum Gasteiger partial charge on any atom is 0.251 e. The van der Waals surface area contributed by atoms with Gasteiger partial charge in [0.05, 0.1) is 36.3 Å². The lowest BCUT2D eigenvalue weighted by Gasteiger charge is -2.32. The first-order valence-electron chi connectivity index (χ1n) is 40.6. The Morgan fingerprint density at radius 3 is 0.901 bits per heavy atom. The lowest BCUT2D eigenvalue weighted by molar-refractivity contribution is -0.142. The molecule has 0 radical (unpaired) electrons. The lowest BCUT2D eigenvalue weighted by atomic mass is 9.87. The Hall–Kier alpha value is -9.60. The Balaban J connectivity index is 0.786. The van der Waals surface area contributed by atoms with Crippen molar-refractivity contribution in [2.45, 2.75) is 247 Å². The molecule has 3 heterocycles. The topological polar surface area (TPSA) is 359 Å². The summed E-state index contributed by atoms with van der Waals surface area (Å²) in [4.78, 5) is 174. The van der Waals surface area contributed by atoms with E-state index < -0.39 is 72.1 Å². The minimum Gasteiger partial charge on any atom is -0.352 e. The first kappa shape index (κ1) is 83.9. The molecule has 27 heteroatoms. The number of hydrogen-bond acceptors (Lipinski definition) is 15. The van der Waals surface area contributed by atoms with Gasteiger partial charge in [0, 0.05) is 56.0 Å². The Kier molecular flexibility index (Phi) is 31.0. The fourth-order valence-electron chi connectivity index (χ4n) is 16.4. The van der Waals surface area contributed by atoms with E-state index in [1.807, 2.05) is 54.6 Å². The predicted molar refractivity (Wildman–Crippen MR) is 421 cm³/mol. The third kappa shape index (κ3) is 22.2. The highest BCUT2D eigenvalue weighted by Crippen LogP contribution is 2.34. The molecule has 0 aromatic heterocycles. The van der Waals surface area contributed by atoms with Crippen LogP contribution in [0.4, 0.5) is 0 Å². The number of likely N-dealkylation sites (tertiary alicyclic amines) is 3. The van der Waals surface area contributed by atoms with Gasteiger partial charge in [-0.1, -0.05) is 72.8 Å². The summed E-state index contributed by atoms with van der Waals surface area (Å²) < 4.78 is 0. The van der Waals surface area contributed by atoms with Crippen LogP contribution < -0.4 is 63.8 Å². The van der Waals surface area contributed by atoms with Crippen LogP contribution in [0.3, 0.4) is 0 Å². The van der Waals surface area contributed by atoms with Crippen LogP contribution in [0.15, 0.2) is 91.0 Å². The number of carbonyl (C=O) groups is 12. The first-order valence-corrected chi connectivity index (χ1v) is 40.6. The summed E-state index contributed by atoms with van der Waals surface area (Å²) in [7, 11) is 4.93. The molecule has 0 bridgehead atoms. The molecule has 10 rings (SSSR count). The maximum absolute atomic E-state index is 14.5. The van der Waals surface area contributed by atoms with Gasteiger partial charge >= 0.3 is 0 Å². The fourth-order valence-corrected chi connectivity index (χ4v) is 16.4. The molecule has 3 fully saturated rings. The Labute approximate surface area is 652 Å². The van der Waals surface area contributed by atoms with E-state index in [2.05, 4.69) is 82.0 Å². The number of hydrogen-bond donors (Lipinski definition) is 12. The van der Waals surface area contributed by atoms with E-state index in [4.69, 9.17) is 0 Å². The molecule has 6 aliphatic rings. The van der Waals surface area contributed by atoms with Crippen LogP contribution >= 0.6 is 0 Å². The van der Waals surface area contributed by atoms with Crippen LogP contribution in [0.25, 0.3) is 0 Å². The van der Waals surface area contributed by atoms with E-state index in [-0.39, 0.29) is 127 Å². The van der Waals surface area contributed by atoms with Gasteiger partial charge in [-0.3, -0.25) is 57.5 Å². The van der Waals surface area contributed by atoms with E-state index in [1.54, 1.807) is 56.6 Å². The summed E-state index contributed by atoms with van der Waals surface area (Å²) in [5, 5.41) is 36.0. The van der Waals surface area contributed by atoms with Crippen molar-refractivity contribution < 1.29 is 57.5 Å². The van der Waals surface area contributed by atoms with E-state index in [0.29, 0.717) is 96.7 Å². The zero-order valence-electron chi connectivity index (χ0n) is 65.5. The van der Waals surface area contributed by atoms with E-state index in [0.717, 1.165) is 74.5 Å². The summed E-state index contributed by atoms with van der Waals surface area (Å²) in [6.45, 7) is 6.40. The van der Waals surface area contributed by atoms with Crippen molar-refractivity contribution in [1.29, 1.82) is 0 Å². The van der Waals surface area contributed by atoms with Crippen molar-refractivity contribution in [3.8, 4) is 0 Å². The van der Waals surface area contributed by atoms with Crippen molar-refractivity contribution >= 4 is 70.9 Å². The normalized spacial score (nSPS) is 20.8. The number of likely N-dealkylation sites (N-methyl/N-ethyl adjacent to an activating group) is 3. The second-order valence-electron chi connectivity index (χ2n) is 30.8. The predicted octanol–water partition coefficient (Wildman–Crippen LogP) is 5.22. The van der Waals surface area contributed by atoms with Crippen molar-refractivity contribution in [3.05, 3.63) is 141 Å². The highest BCUT2D eigenvalue weighted by molar-refractivity contribution is 6.05. The second-order valence-corrected chi connectivity index (χ2v) is 30.8. The average Bonchev–Trinajstić information content (AvgIpc) is 1.79. The number of benzene rings is 4. The van der Waals surface area contributed by atoms with Crippen molar-refractivity contribution in [3.63, 3.8) is 0 Å². The molecule has 27 nitrogen and oxygen atoms in total. The number of nitrogens with zero attached hydrogens (tertiary/aromatic N) is 3. The number of fused-ring (bicyclic) bond motifs is 3. The maximum atomic E-state index is 14.5. The van der Waals surface area contributed by atoms with Crippen LogP contribution in [0, 0.1) is 0 Å². The molecular weight excluding hydrogens is 1410 g/mol. The van der Waals surface area contributed by atoms with Gasteiger partial charge < -0.3 is 78.5 Å². The van der Waals surface area contributed by atoms with E-state index >= 15 is 0 Å². The number of rotatable bonds is 36. The lowest BCUT2D eigenvalue weighted by Crippen LogP contribution is -2.55. The summed E-state index contributed by atoms with van der Waals surface area (Å²) >= 11 is 0. The molecule has 12 atom stereocenters. The Morgan fingerprint density at radius 1 is 0.360 bits per heavy atom. The highest BCUT2D eigenvalue weighted by atomic mass is 16.2. The molecule has 4 aromatic carbocycles. The fraction of sp³-hybridized carbons (Fsp3) is 0.571. The van der Waals surface area contributed by atoms with E-state index in [9.17, 15) is 57.5 Å². The molecular formula is C84H117N15O12. The van der Waals surface area contributed by atoms with Crippen LogP contribution in [0.5, 0.6) is 0 Å². The van der Waals surface area contributed by atoms with Gasteiger partial charge in [0.25, 0.3) is 17.7 Å². The third-order valence-corrected chi connectivity index (χ3v) is 23.2. The molecule has 0 unspecified atom stereocenters. The molecule has 0 spiro atoms. The second kappa shape index (κ2) is 41.1. The molecule has 3 aliphatic heterocycles. The molecule has 3 aliphatic carbocycles. The summed E-state index contributed by atoms with van der Waals surface area (Å²) in [5.41, 5.74) is 6.84. The van der Waals surface area contributed by atoms with Gasteiger partial charge in [-0.25, -0.2) is 0 Å². The van der Waals surface area contributed by atoms with E-state index in [1.165, 1.54) is 34.9 Å². The summed E-state index contributed by atoms with van der Waals surface area (Å²) in [6.07, 6.45) is 14.0. The van der Waals surface area contributed by atoms with Gasteiger partial charge in [0.15, 0.2) is 0 Å². The Bertz CT molecular complexity index is 3560. The van der Waals surface area contributed by atoms with Crippen LogP contribution in [-0.2, 0) is 62.4 Å². The largest absolute Gasteiger partial charge is 0.352 e. The zero-order chi connectivity index (χ0) is 79.1. The average molecular weight is 1530 g/mol. The molecule has 4 aromatic rings. The van der Waals surface area contributed by atoms with Crippen LogP contribution in [0.2, 0.25) is 0 Å². The minimum absolute atomic E-state index is 0.0000603. The molecule has 0 saturated carbocycles. The van der Waals surface area contributed by atoms with Crippen molar-refractivity contribution in [2.24, 2.45) is 0 Å². The van der Waals surface area contributed by atoms with Gasteiger partial charge in [-0.2, -0.15) is 0 Å². The number of carbonyl (C=O) groups excluding carboxylic acids is 12. The van der Waals surface area contributed by atoms with Crippen molar-refractivity contribution in [1.82, 2.24) is 78.5 Å². The Morgan fingerprint density at radius 2 is 0.631 bits per heavy atom. The monoisotopic (exact) mass is 1530 g/mol. The number of amides is 12. The molecule has 111 heavy (non-hydrogen) atoms. The van der Waals surface area contributed by atoms with Gasteiger partial charge in [-0.05, 0) is 248 Å². The number of nitrogens with one attached hydrogen (secondary N) is 12. The quantitative estimate of drug-likeness (QED) is 0.0260. The number of aryl methyl sites for hydroxylation is 3. The third-order valence-electron chi connectivity index (χ3n) is 23.2. The highest BCUT2D eigenvalue weighted by Gasteiger charge is 2.43. The van der Waals surface area contributed by atoms with Crippen LogP contribution in [0.1, 0.15) is 238 Å². The smallest absolute Gasteiger partial charge is 0.251 e.